The Balaban J connectivity index is 0.000000320. The van der Waals surface area contributed by atoms with Crippen molar-refractivity contribution in [2.24, 2.45) is 0 Å². The molecular weight excluding hydrogens is 757 g/mol. The highest BCUT2D eigenvalue weighted by Gasteiger charge is 2.15. The number of aromatic nitrogens is 2. The Morgan fingerprint density at radius 1 is 0.467 bits per heavy atom. The number of amides is 4. The van der Waals surface area contributed by atoms with Crippen LogP contribution in [0.1, 0.15) is 26.6 Å². The zero-order valence-corrected chi connectivity index (χ0v) is 32.1. The van der Waals surface area contributed by atoms with Crippen molar-refractivity contribution in [1.82, 2.24) is 20.6 Å². The van der Waals surface area contributed by atoms with E-state index >= 15 is 0 Å². The molecule has 4 N–H and O–H groups in total. The lowest BCUT2D eigenvalue weighted by Crippen LogP contribution is -2.33. The first-order valence-corrected chi connectivity index (χ1v) is 18.9. The van der Waals surface area contributed by atoms with E-state index in [1.54, 1.807) is 73.2 Å². The minimum atomic E-state index is -0.414. The molecule has 12 heteroatoms. The number of fused-ring (bicyclic) bond motifs is 2. The summed E-state index contributed by atoms with van der Waals surface area (Å²) in [5.74, 6) is 0.850. The third kappa shape index (κ3) is 10.5. The van der Waals surface area contributed by atoms with E-state index in [0.29, 0.717) is 39.9 Å². The van der Waals surface area contributed by atoms with Crippen LogP contribution in [0.2, 0.25) is 0 Å². The largest absolute Gasteiger partial charge is 0.455 e. The fourth-order valence-electron chi connectivity index (χ4n) is 6.08. The summed E-state index contributed by atoms with van der Waals surface area (Å²) in [6.07, 6.45) is 4.81. The highest BCUT2D eigenvalue weighted by Crippen LogP contribution is 2.30. The van der Waals surface area contributed by atoms with E-state index in [2.05, 4.69) is 31.2 Å². The summed E-state index contributed by atoms with van der Waals surface area (Å²) in [5.41, 5.74) is 1.85. The standard InChI is InChI=1S/C25H20N2O3.C23H18N4O3.4H2/c28-24(17-26-25(29)21-14-8-10-18-9-4-5-13-20(18)21)27-22-15-6-7-16-23(22)30-19-11-2-1-3-12-19;28-21(15-26-23(29)22-18-6-2-1-5-16(18)9-14-25-22)27-19-7-3-4-8-20(19)30-17-10-12-24-13-11-17;;;;/h1-16H,17H2,(H,26,29)(H,27,28);1-14H,15H2,(H,26,29)(H,27,28);4*1H. The minimum absolute atomic E-state index is 0. The van der Waals surface area contributed by atoms with Crippen LogP contribution in [0.3, 0.4) is 0 Å². The fourth-order valence-corrected chi connectivity index (χ4v) is 6.08. The molecule has 0 aliphatic rings. The number of rotatable bonds is 12. The van der Waals surface area contributed by atoms with Crippen LogP contribution in [0.4, 0.5) is 11.4 Å². The smallest absolute Gasteiger partial charge is 0.270 e. The van der Waals surface area contributed by atoms with Gasteiger partial charge in [0.15, 0.2) is 11.5 Å². The third-order valence-electron chi connectivity index (χ3n) is 8.91. The van der Waals surface area contributed by atoms with Gasteiger partial charge in [-0.05, 0) is 76.8 Å². The van der Waals surface area contributed by atoms with Crippen LogP contribution in [-0.2, 0) is 9.59 Å². The number of anilines is 2. The van der Waals surface area contributed by atoms with Gasteiger partial charge in [-0.25, -0.2) is 0 Å². The van der Waals surface area contributed by atoms with E-state index in [0.717, 1.165) is 21.5 Å². The molecule has 12 nitrogen and oxygen atoms in total. The van der Waals surface area contributed by atoms with Gasteiger partial charge in [-0.2, -0.15) is 0 Å². The molecule has 0 unspecified atom stereocenters. The number of hydrogen-bond acceptors (Lipinski definition) is 8. The molecule has 0 atom stereocenters. The van der Waals surface area contributed by atoms with Gasteiger partial charge in [0.1, 0.15) is 17.2 Å². The molecule has 60 heavy (non-hydrogen) atoms. The third-order valence-corrected chi connectivity index (χ3v) is 8.91. The van der Waals surface area contributed by atoms with E-state index in [1.807, 2.05) is 109 Å². The quantitative estimate of drug-likeness (QED) is 0.0950. The molecule has 2 heterocycles. The maximum atomic E-state index is 12.6. The van der Waals surface area contributed by atoms with Crippen molar-refractivity contribution in [3.05, 3.63) is 194 Å². The minimum Gasteiger partial charge on any atom is -0.455 e. The maximum Gasteiger partial charge on any atom is 0.270 e. The number of ether oxygens (including phenoxy) is 2. The molecule has 0 aliphatic heterocycles. The van der Waals surface area contributed by atoms with Gasteiger partial charge in [0.05, 0.1) is 24.5 Å². The van der Waals surface area contributed by atoms with Gasteiger partial charge in [-0.3, -0.25) is 29.1 Å². The van der Waals surface area contributed by atoms with Crippen molar-refractivity contribution in [2.45, 2.75) is 0 Å². The predicted octanol–water partition coefficient (Wildman–Crippen LogP) is 9.78. The normalized spacial score (nSPS) is 10.4. The molecular formula is C48H46N6O6. The van der Waals surface area contributed by atoms with Crippen LogP contribution >= 0.6 is 0 Å². The van der Waals surface area contributed by atoms with E-state index in [9.17, 15) is 19.2 Å². The number of nitrogens with one attached hydrogen (secondary N) is 4. The summed E-state index contributed by atoms with van der Waals surface area (Å²) in [6.45, 7) is -0.352. The van der Waals surface area contributed by atoms with Crippen molar-refractivity contribution in [1.29, 1.82) is 0 Å². The number of hydrogen-bond donors (Lipinski definition) is 4. The van der Waals surface area contributed by atoms with Gasteiger partial charge in [0.25, 0.3) is 11.8 Å². The number of carbonyl (C=O) groups excluding carboxylic acids is 4. The number of nitrogens with zero attached hydrogens (tertiary/aromatic N) is 2. The second-order valence-corrected chi connectivity index (χ2v) is 13.1. The molecule has 0 bridgehead atoms. The van der Waals surface area contributed by atoms with E-state index < -0.39 is 5.91 Å². The molecule has 8 aromatic rings. The highest BCUT2D eigenvalue weighted by atomic mass is 16.5. The van der Waals surface area contributed by atoms with Crippen LogP contribution in [-0.4, -0.2) is 46.7 Å². The highest BCUT2D eigenvalue weighted by molar-refractivity contribution is 6.09. The maximum absolute atomic E-state index is 12.6. The second kappa shape index (κ2) is 19.7. The van der Waals surface area contributed by atoms with Crippen molar-refractivity contribution in [3.8, 4) is 23.0 Å². The monoisotopic (exact) mass is 802 g/mol. The van der Waals surface area contributed by atoms with Crippen molar-refractivity contribution < 1.29 is 34.4 Å². The Hall–Kier alpha value is -8.38. The summed E-state index contributed by atoms with van der Waals surface area (Å²) in [6, 6.07) is 49.4. The van der Waals surface area contributed by atoms with Crippen molar-refractivity contribution in [2.75, 3.05) is 23.7 Å². The van der Waals surface area contributed by atoms with E-state index in [-0.39, 0.29) is 42.2 Å². The van der Waals surface area contributed by atoms with Crippen molar-refractivity contribution in [3.63, 3.8) is 0 Å². The lowest BCUT2D eigenvalue weighted by Gasteiger charge is -2.13. The molecule has 0 spiro atoms. The zero-order valence-electron chi connectivity index (χ0n) is 32.1. The molecule has 0 aliphatic carbocycles. The fraction of sp³-hybridized carbons (Fsp3) is 0.0417. The average molecular weight is 803 g/mol. The molecule has 4 amide bonds. The van der Waals surface area contributed by atoms with Gasteiger partial charge >= 0.3 is 0 Å². The summed E-state index contributed by atoms with van der Waals surface area (Å²) in [7, 11) is 0. The van der Waals surface area contributed by atoms with Crippen LogP contribution in [0.15, 0.2) is 182 Å². The number of carbonyl (C=O) groups is 4. The first-order chi connectivity index (χ1) is 29.4. The lowest BCUT2D eigenvalue weighted by atomic mass is 10.0. The molecule has 0 radical (unpaired) electrons. The van der Waals surface area contributed by atoms with Crippen LogP contribution < -0.4 is 30.7 Å². The van der Waals surface area contributed by atoms with Crippen LogP contribution in [0, 0.1) is 0 Å². The summed E-state index contributed by atoms with van der Waals surface area (Å²) in [5, 5.41) is 14.3. The number of pyridine rings is 2. The Morgan fingerprint density at radius 3 is 1.62 bits per heavy atom. The Kier molecular flexibility index (Phi) is 13.1. The molecule has 6 aromatic carbocycles. The van der Waals surface area contributed by atoms with E-state index in [4.69, 9.17) is 9.47 Å². The summed E-state index contributed by atoms with van der Waals surface area (Å²) < 4.78 is 11.7. The first kappa shape index (κ1) is 39.8. The Labute approximate surface area is 351 Å². The number of para-hydroxylation sites is 5. The molecule has 0 fully saturated rings. The second-order valence-electron chi connectivity index (χ2n) is 13.1. The molecule has 8 rings (SSSR count). The molecule has 304 valence electrons. The molecule has 0 saturated carbocycles. The van der Waals surface area contributed by atoms with Crippen LogP contribution in [0.25, 0.3) is 21.5 Å². The zero-order chi connectivity index (χ0) is 41.5. The average Bonchev–Trinajstić information content (AvgIpc) is 3.29. The van der Waals surface area contributed by atoms with Gasteiger partial charge in [-0.15, -0.1) is 0 Å². The molecule has 2 aromatic heterocycles. The molecule has 0 saturated heterocycles. The Bertz CT molecular complexity index is 2590. The van der Waals surface area contributed by atoms with Gasteiger partial charge < -0.3 is 30.7 Å². The van der Waals surface area contributed by atoms with Gasteiger partial charge in [0, 0.05) is 35.2 Å². The SMILES string of the molecule is O=C(CNC(=O)c1cccc2ccccc12)Nc1ccccc1Oc1ccccc1.O=C(CNC(=O)c1nccc2ccccc12)Nc1ccccc1Oc1ccncc1.[HH].[HH].[HH].[HH]. The van der Waals surface area contributed by atoms with Crippen molar-refractivity contribution >= 4 is 56.5 Å². The first-order valence-electron chi connectivity index (χ1n) is 18.9. The van der Waals surface area contributed by atoms with Gasteiger partial charge in [0.2, 0.25) is 11.8 Å². The van der Waals surface area contributed by atoms with E-state index in [1.165, 1.54) is 0 Å². The number of benzene rings is 6. The lowest BCUT2D eigenvalue weighted by molar-refractivity contribution is -0.116. The predicted molar refractivity (Wildman–Crippen MR) is 240 cm³/mol. The summed E-state index contributed by atoms with van der Waals surface area (Å²) in [4.78, 5) is 58.1. The van der Waals surface area contributed by atoms with Gasteiger partial charge in [-0.1, -0.05) is 103 Å². The Morgan fingerprint density at radius 2 is 0.967 bits per heavy atom. The van der Waals surface area contributed by atoms with Crippen LogP contribution in [0.5, 0.6) is 23.0 Å². The topological polar surface area (TPSA) is 161 Å². The summed E-state index contributed by atoms with van der Waals surface area (Å²) >= 11 is 0.